The number of hydroxylamine groups is 2. The largest absolute Gasteiger partial charge is 0.346 e. The first-order chi connectivity index (χ1) is 9.29. The van der Waals surface area contributed by atoms with Crippen molar-refractivity contribution in [1.29, 1.82) is 0 Å². The molecule has 2 atom stereocenters. The van der Waals surface area contributed by atoms with Gasteiger partial charge in [0.25, 0.3) is 0 Å². The van der Waals surface area contributed by atoms with E-state index in [1.165, 1.54) is 5.06 Å². The van der Waals surface area contributed by atoms with Crippen LogP contribution in [0.25, 0.3) is 0 Å². The van der Waals surface area contributed by atoms with E-state index in [-0.39, 0.29) is 12.3 Å². The van der Waals surface area contributed by atoms with Gasteiger partial charge in [-0.3, -0.25) is 0 Å². The van der Waals surface area contributed by atoms with Crippen LogP contribution in [0.3, 0.4) is 0 Å². The molecule has 0 aromatic heterocycles. The average Bonchev–Trinajstić information content (AvgIpc) is 3.12. The fraction of sp³-hybridized carbons (Fsp3) is 0.400. The molecule has 0 spiro atoms. The van der Waals surface area contributed by atoms with Gasteiger partial charge in [-0.15, -0.1) is 12.3 Å². The molecule has 98 valence electrons. The van der Waals surface area contributed by atoms with E-state index in [1.54, 1.807) is 0 Å². The molecule has 0 radical (unpaired) electrons. The normalized spacial score (nSPS) is 25.2. The molecule has 2 aliphatic rings. The van der Waals surface area contributed by atoms with Gasteiger partial charge in [-0.05, 0) is 12.3 Å². The van der Waals surface area contributed by atoms with Crippen LogP contribution in [-0.2, 0) is 4.84 Å². The number of terminal acetylenes is 1. The van der Waals surface area contributed by atoms with Gasteiger partial charge < -0.3 is 4.90 Å². The maximum atomic E-state index is 12.2. The van der Waals surface area contributed by atoms with Crippen molar-refractivity contribution in [2.24, 2.45) is 5.92 Å². The monoisotopic (exact) mass is 256 g/mol. The summed E-state index contributed by atoms with van der Waals surface area (Å²) < 4.78 is 0. The second-order valence-corrected chi connectivity index (χ2v) is 4.99. The number of urea groups is 1. The molecule has 4 nitrogen and oxygen atoms in total. The average molecular weight is 256 g/mol. The van der Waals surface area contributed by atoms with Crippen LogP contribution in [0.5, 0.6) is 0 Å². The number of rotatable bonds is 2. The minimum Gasteiger partial charge on any atom is -0.322 e. The summed E-state index contributed by atoms with van der Waals surface area (Å²) >= 11 is 0. The van der Waals surface area contributed by atoms with E-state index in [9.17, 15) is 4.79 Å². The van der Waals surface area contributed by atoms with E-state index >= 15 is 0 Å². The van der Waals surface area contributed by atoms with Gasteiger partial charge in [0.05, 0.1) is 0 Å². The lowest BCUT2D eigenvalue weighted by Crippen LogP contribution is -2.32. The topological polar surface area (TPSA) is 35.9 Å². The molecule has 19 heavy (non-hydrogen) atoms. The fourth-order valence-corrected chi connectivity index (χ4v) is 2.52. The van der Waals surface area contributed by atoms with Gasteiger partial charge in [0, 0.05) is 25.1 Å². The Balaban J connectivity index is 1.58. The van der Waals surface area contributed by atoms with Crippen molar-refractivity contribution in [1.82, 2.24) is 9.96 Å². The number of benzene rings is 1. The van der Waals surface area contributed by atoms with Crippen LogP contribution < -0.4 is 0 Å². The Morgan fingerprint density at radius 1 is 1.42 bits per heavy atom. The Hall–Kier alpha value is -1.99. The van der Waals surface area contributed by atoms with E-state index in [1.807, 2.05) is 35.2 Å². The van der Waals surface area contributed by atoms with E-state index < -0.39 is 0 Å². The lowest BCUT2D eigenvalue weighted by Gasteiger charge is -2.14. The molecule has 2 unspecified atom stereocenters. The Morgan fingerprint density at radius 3 is 2.95 bits per heavy atom. The first kappa shape index (κ1) is 12.1. The number of carbonyl (C=O) groups excluding carboxylic acids is 1. The fourth-order valence-electron chi connectivity index (χ4n) is 2.52. The Kier molecular flexibility index (Phi) is 3.14. The first-order valence-corrected chi connectivity index (χ1v) is 6.53. The summed E-state index contributed by atoms with van der Waals surface area (Å²) in [5, 5.41) is 1.44. The van der Waals surface area contributed by atoms with E-state index in [0.717, 1.165) is 31.5 Å². The molecule has 2 heterocycles. The minimum atomic E-state index is -0.222. The van der Waals surface area contributed by atoms with Crippen molar-refractivity contribution in [3.05, 3.63) is 35.9 Å². The zero-order valence-electron chi connectivity index (χ0n) is 10.7. The molecule has 1 aromatic carbocycles. The Bertz CT molecular complexity index is 509. The molecule has 2 aliphatic heterocycles. The van der Waals surface area contributed by atoms with Gasteiger partial charge in [-0.25, -0.2) is 9.63 Å². The second kappa shape index (κ2) is 4.94. The Morgan fingerprint density at radius 2 is 2.21 bits per heavy atom. The third-order valence-corrected chi connectivity index (χ3v) is 3.62. The highest BCUT2D eigenvalue weighted by molar-refractivity contribution is 5.75. The molecule has 0 aliphatic carbocycles. The zero-order chi connectivity index (χ0) is 13.2. The zero-order valence-corrected chi connectivity index (χ0v) is 10.7. The van der Waals surface area contributed by atoms with E-state index in [0.29, 0.717) is 5.92 Å². The molecule has 0 N–H and O–H groups in total. The third-order valence-electron chi connectivity index (χ3n) is 3.62. The van der Waals surface area contributed by atoms with Gasteiger partial charge >= 0.3 is 6.03 Å². The highest BCUT2D eigenvalue weighted by atomic mass is 16.8. The Labute approximate surface area is 112 Å². The van der Waals surface area contributed by atoms with Gasteiger partial charge in [0.1, 0.15) is 0 Å². The summed E-state index contributed by atoms with van der Waals surface area (Å²) in [4.78, 5) is 19.4. The van der Waals surface area contributed by atoms with Gasteiger partial charge in [-0.2, -0.15) is 5.06 Å². The van der Waals surface area contributed by atoms with Crippen molar-refractivity contribution in [2.45, 2.75) is 19.1 Å². The maximum Gasteiger partial charge on any atom is 0.346 e. The molecule has 0 saturated carbocycles. The SMILES string of the molecule is C#CCC1CCN(C(=O)N2OC2c2ccccc2)C1. The van der Waals surface area contributed by atoms with Crippen molar-refractivity contribution < 1.29 is 9.63 Å². The number of nitrogens with zero attached hydrogens (tertiary/aromatic N) is 2. The molecule has 1 aromatic rings. The smallest absolute Gasteiger partial charge is 0.322 e. The number of hydrogen-bond donors (Lipinski definition) is 0. The number of carbonyl (C=O) groups is 1. The summed E-state index contributed by atoms with van der Waals surface area (Å²) in [6, 6.07) is 9.71. The number of likely N-dealkylation sites (tertiary alicyclic amines) is 1. The summed E-state index contributed by atoms with van der Waals surface area (Å²) in [5.74, 6) is 3.10. The molecular formula is C15H16N2O2. The van der Waals surface area contributed by atoms with Crippen molar-refractivity contribution in [3.63, 3.8) is 0 Å². The molecule has 3 rings (SSSR count). The number of hydrogen-bond acceptors (Lipinski definition) is 2. The van der Waals surface area contributed by atoms with Crippen LogP contribution >= 0.6 is 0 Å². The lowest BCUT2D eigenvalue weighted by molar-refractivity contribution is 0.145. The summed E-state index contributed by atoms with van der Waals surface area (Å²) in [7, 11) is 0. The highest BCUT2D eigenvalue weighted by Gasteiger charge is 2.45. The lowest BCUT2D eigenvalue weighted by atomic mass is 10.1. The van der Waals surface area contributed by atoms with E-state index in [2.05, 4.69) is 5.92 Å². The van der Waals surface area contributed by atoms with Crippen molar-refractivity contribution >= 4 is 6.03 Å². The third kappa shape index (κ3) is 2.42. The summed E-state index contributed by atoms with van der Waals surface area (Å²) in [6.45, 7) is 1.51. The molecular weight excluding hydrogens is 240 g/mol. The van der Waals surface area contributed by atoms with Gasteiger partial charge in [-0.1, -0.05) is 30.3 Å². The molecule has 2 amide bonds. The molecule has 4 heteroatoms. The number of amides is 2. The van der Waals surface area contributed by atoms with Crippen LogP contribution in [-0.4, -0.2) is 29.1 Å². The summed E-state index contributed by atoms with van der Waals surface area (Å²) in [6.07, 6.45) is 6.82. The van der Waals surface area contributed by atoms with Crippen LogP contribution in [0.1, 0.15) is 24.6 Å². The quantitative estimate of drug-likeness (QED) is 0.601. The molecule has 0 bridgehead atoms. The highest BCUT2D eigenvalue weighted by Crippen LogP contribution is 2.38. The molecule has 2 saturated heterocycles. The molecule has 2 fully saturated rings. The van der Waals surface area contributed by atoms with Crippen LogP contribution in [0.2, 0.25) is 0 Å². The van der Waals surface area contributed by atoms with Crippen LogP contribution in [0.4, 0.5) is 4.79 Å². The predicted octanol–water partition coefficient (Wildman–Crippen LogP) is 2.40. The first-order valence-electron chi connectivity index (χ1n) is 6.53. The van der Waals surface area contributed by atoms with Crippen LogP contribution in [0.15, 0.2) is 30.3 Å². The van der Waals surface area contributed by atoms with Gasteiger partial charge in [0.2, 0.25) is 6.23 Å². The summed E-state index contributed by atoms with van der Waals surface area (Å²) in [5.41, 5.74) is 1.01. The predicted molar refractivity (Wildman–Crippen MR) is 70.6 cm³/mol. The van der Waals surface area contributed by atoms with E-state index in [4.69, 9.17) is 11.3 Å². The second-order valence-electron chi connectivity index (χ2n) is 4.99. The van der Waals surface area contributed by atoms with Gasteiger partial charge in [0.15, 0.2) is 0 Å². The maximum absolute atomic E-state index is 12.2. The standard InChI is InChI=1S/C15H16N2O2/c1-2-6-12-9-10-16(11-12)15(18)17-14(19-17)13-7-4-3-5-8-13/h1,3-5,7-8,12,14H,6,9-11H2. The minimum absolute atomic E-state index is 0.0478. The van der Waals surface area contributed by atoms with Crippen molar-refractivity contribution in [3.8, 4) is 12.3 Å². The van der Waals surface area contributed by atoms with Crippen LogP contribution in [0, 0.1) is 18.3 Å². The van der Waals surface area contributed by atoms with Crippen molar-refractivity contribution in [2.75, 3.05) is 13.1 Å².